The van der Waals surface area contributed by atoms with Crippen molar-refractivity contribution in [2.45, 2.75) is 58.0 Å². The zero-order valence-corrected chi connectivity index (χ0v) is 17.7. The molecule has 0 spiro atoms. The fourth-order valence-electron chi connectivity index (χ4n) is 4.70. The zero-order valence-electron chi connectivity index (χ0n) is 16.9. The minimum absolute atomic E-state index is 0.0805. The second kappa shape index (κ2) is 8.89. The van der Waals surface area contributed by atoms with Crippen LogP contribution in [0.15, 0.2) is 23.0 Å². The van der Waals surface area contributed by atoms with Crippen molar-refractivity contribution in [3.63, 3.8) is 0 Å². The summed E-state index contributed by atoms with van der Waals surface area (Å²) >= 11 is 1.26. The molecule has 1 aromatic heterocycles. The van der Waals surface area contributed by atoms with Gasteiger partial charge in [0.1, 0.15) is 0 Å². The number of ketones is 1. The minimum Gasteiger partial charge on any atom is -0.299 e. The SMILES string of the molecule is CCC(=O)c1ccc2c(c1)sc(=O)n2CCN1CCN(C2CCCCC2)CC1. The van der Waals surface area contributed by atoms with E-state index in [1.165, 1.54) is 43.4 Å². The molecule has 4 rings (SSSR count). The average Bonchev–Trinajstić information content (AvgIpc) is 3.06. The van der Waals surface area contributed by atoms with E-state index >= 15 is 0 Å². The minimum atomic E-state index is 0.0805. The lowest BCUT2D eigenvalue weighted by Crippen LogP contribution is -2.51. The van der Waals surface area contributed by atoms with Crippen molar-refractivity contribution < 1.29 is 4.79 Å². The van der Waals surface area contributed by atoms with Gasteiger partial charge in [-0.1, -0.05) is 37.5 Å². The van der Waals surface area contributed by atoms with Gasteiger partial charge in [-0.25, -0.2) is 0 Å². The maximum absolute atomic E-state index is 12.5. The molecular formula is C22H31N3O2S. The molecule has 1 aliphatic heterocycles. The third-order valence-corrected chi connectivity index (χ3v) is 7.39. The third kappa shape index (κ3) is 4.24. The number of thiazole rings is 1. The van der Waals surface area contributed by atoms with E-state index in [-0.39, 0.29) is 10.7 Å². The molecule has 5 nitrogen and oxygen atoms in total. The van der Waals surface area contributed by atoms with E-state index in [0.29, 0.717) is 12.0 Å². The number of carbonyl (C=O) groups excluding carboxylic acids is 1. The zero-order chi connectivity index (χ0) is 19.5. The number of Topliss-reactive ketones (excluding diaryl/α,β-unsaturated/α-hetero) is 1. The van der Waals surface area contributed by atoms with Gasteiger partial charge in [-0.2, -0.15) is 0 Å². The predicted octanol–water partition coefficient (Wildman–Crippen LogP) is 3.61. The van der Waals surface area contributed by atoms with E-state index in [1.54, 1.807) is 0 Å². The monoisotopic (exact) mass is 401 g/mol. The first-order chi connectivity index (χ1) is 13.7. The number of rotatable bonds is 6. The molecule has 152 valence electrons. The summed E-state index contributed by atoms with van der Waals surface area (Å²) in [6.07, 6.45) is 7.44. The Bertz CT molecular complexity index is 874. The highest BCUT2D eigenvalue weighted by Gasteiger charge is 2.25. The molecule has 0 unspecified atom stereocenters. The summed E-state index contributed by atoms with van der Waals surface area (Å²) in [4.78, 5) is 29.7. The Labute approximate surface area is 170 Å². The molecule has 1 saturated heterocycles. The van der Waals surface area contributed by atoms with Gasteiger partial charge in [0.15, 0.2) is 5.78 Å². The fourth-order valence-corrected chi connectivity index (χ4v) is 5.65. The lowest BCUT2D eigenvalue weighted by molar-refractivity contribution is 0.0774. The van der Waals surface area contributed by atoms with Crippen LogP contribution in [-0.4, -0.2) is 58.9 Å². The molecule has 0 atom stereocenters. The highest BCUT2D eigenvalue weighted by Crippen LogP contribution is 2.24. The van der Waals surface area contributed by atoms with Crippen molar-refractivity contribution in [3.8, 4) is 0 Å². The van der Waals surface area contributed by atoms with Crippen LogP contribution in [0.1, 0.15) is 55.8 Å². The Morgan fingerprint density at radius 2 is 1.82 bits per heavy atom. The molecule has 2 fully saturated rings. The van der Waals surface area contributed by atoms with Gasteiger partial charge in [0, 0.05) is 57.3 Å². The van der Waals surface area contributed by atoms with Crippen molar-refractivity contribution in [1.29, 1.82) is 0 Å². The highest BCUT2D eigenvalue weighted by atomic mass is 32.1. The summed E-state index contributed by atoms with van der Waals surface area (Å²) < 4.78 is 2.81. The maximum atomic E-state index is 12.5. The van der Waals surface area contributed by atoms with Crippen LogP contribution in [0, 0.1) is 0 Å². The molecule has 28 heavy (non-hydrogen) atoms. The van der Waals surface area contributed by atoms with Crippen molar-refractivity contribution in [2.75, 3.05) is 32.7 Å². The average molecular weight is 402 g/mol. The van der Waals surface area contributed by atoms with E-state index < -0.39 is 0 Å². The second-order valence-corrected chi connectivity index (χ2v) is 9.14. The Hall–Kier alpha value is -1.50. The molecule has 2 aromatic rings. The molecule has 1 aliphatic carbocycles. The fraction of sp³-hybridized carbons (Fsp3) is 0.636. The van der Waals surface area contributed by atoms with Gasteiger partial charge in [0.2, 0.25) is 0 Å². The smallest absolute Gasteiger partial charge is 0.299 e. The van der Waals surface area contributed by atoms with Crippen LogP contribution in [0.4, 0.5) is 0 Å². The topological polar surface area (TPSA) is 45.6 Å². The molecule has 6 heteroatoms. The van der Waals surface area contributed by atoms with Crippen molar-refractivity contribution >= 4 is 27.3 Å². The molecule has 0 N–H and O–H groups in total. The summed E-state index contributed by atoms with van der Waals surface area (Å²) in [7, 11) is 0. The summed E-state index contributed by atoms with van der Waals surface area (Å²) in [5.41, 5.74) is 1.67. The Morgan fingerprint density at radius 3 is 2.54 bits per heavy atom. The Balaban J connectivity index is 1.36. The van der Waals surface area contributed by atoms with Crippen LogP contribution in [0.5, 0.6) is 0 Å². The number of carbonyl (C=O) groups is 1. The van der Waals surface area contributed by atoms with Gasteiger partial charge >= 0.3 is 4.87 Å². The first kappa shape index (κ1) is 19.8. The summed E-state index contributed by atoms with van der Waals surface area (Å²) in [5, 5.41) is 0. The lowest BCUT2D eigenvalue weighted by atomic mass is 9.94. The number of piperazine rings is 1. The van der Waals surface area contributed by atoms with Crippen LogP contribution in [0.2, 0.25) is 0 Å². The van der Waals surface area contributed by atoms with Crippen LogP contribution < -0.4 is 4.87 Å². The number of nitrogens with zero attached hydrogens (tertiary/aromatic N) is 3. The number of benzene rings is 1. The Morgan fingerprint density at radius 1 is 1.07 bits per heavy atom. The molecule has 0 bridgehead atoms. The van der Waals surface area contributed by atoms with Gasteiger partial charge in [-0.3, -0.25) is 24.0 Å². The highest BCUT2D eigenvalue weighted by molar-refractivity contribution is 7.16. The van der Waals surface area contributed by atoms with E-state index in [9.17, 15) is 9.59 Å². The van der Waals surface area contributed by atoms with Gasteiger partial charge in [0.25, 0.3) is 0 Å². The standard InChI is InChI=1S/C22H31N3O2S/c1-2-20(26)17-8-9-19-21(16-17)28-22(27)25(19)15-12-23-10-13-24(14-11-23)18-6-4-3-5-7-18/h8-9,16,18H,2-7,10-15H2,1H3. The van der Waals surface area contributed by atoms with E-state index in [0.717, 1.165) is 55.5 Å². The molecule has 0 radical (unpaired) electrons. The number of aromatic nitrogens is 1. The van der Waals surface area contributed by atoms with Crippen molar-refractivity contribution in [1.82, 2.24) is 14.4 Å². The molecule has 2 heterocycles. The summed E-state index contributed by atoms with van der Waals surface area (Å²) in [5.74, 6) is 0.130. The van der Waals surface area contributed by atoms with E-state index in [2.05, 4.69) is 9.80 Å². The predicted molar refractivity (Wildman–Crippen MR) is 116 cm³/mol. The maximum Gasteiger partial charge on any atom is 0.308 e. The molecule has 2 aliphatic rings. The quantitative estimate of drug-likeness (QED) is 0.694. The van der Waals surface area contributed by atoms with E-state index in [1.807, 2.05) is 29.7 Å². The molecule has 1 saturated carbocycles. The molecular weight excluding hydrogens is 370 g/mol. The lowest BCUT2D eigenvalue weighted by Gasteiger charge is -2.40. The second-order valence-electron chi connectivity index (χ2n) is 8.15. The van der Waals surface area contributed by atoms with Gasteiger partial charge in [-0.15, -0.1) is 0 Å². The van der Waals surface area contributed by atoms with Crippen LogP contribution in [0.25, 0.3) is 10.2 Å². The van der Waals surface area contributed by atoms with Gasteiger partial charge in [0.05, 0.1) is 10.2 Å². The summed E-state index contributed by atoms with van der Waals surface area (Å²) in [6, 6.07) is 6.49. The normalized spacial score (nSPS) is 20.0. The molecule has 1 aromatic carbocycles. The van der Waals surface area contributed by atoms with Crippen molar-refractivity contribution in [3.05, 3.63) is 33.4 Å². The first-order valence-electron chi connectivity index (χ1n) is 10.8. The van der Waals surface area contributed by atoms with Crippen LogP contribution in [-0.2, 0) is 6.54 Å². The van der Waals surface area contributed by atoms with Crippen molar-refractivity contribution in [2.24, 2.45) is 0 Å². The van der Waals surface area contributed by atoms with E-state index in [4.69, 9.17) is 0 Å². The number of hydrogen-bond acceptors (Lipinski definition) is 5. The molecule has 0 amide bonds. The van der Waals surface area contributed by atoms with Crippen LogP contribution in [0.3, 0.4) is 0 Å². The largest absolute Gasteiger partial charge is 0.308 e. The number of hydrogen-bond donors (Lipinski definition) is 0. The van der Waals surface area contributed by atoms with Gasteiger partial charge < -0.3 is 0 Å². The van der Waals surface area contributed by atoms with Crippen LogP contribution >= 0.6 is 11.3 Å². The first-order valence-corrected chi connectivity index (χ1v) is 11.6. The Kier molecular flexibility index (Phi) is 6.28. The summed E-state index contributed by atoms with van der Waals surface area (Å²) in [6.45, 7) is 8.03. The van der Waals surface area contributed by atoms with Gasteiger partial charge in [-0.05, 0) is 31.0 Å². The number of fused-ring (bicyclic) bond motifs is 1. The third-order valence-electron chi connectivity index (χ3n) is 6.45.